The fraction of sp³-hybridized carbons (Fsp3) is 0.150. The lowest BCUT2D eigenvalue weighted by Gasteiger charge is -2.07. The second-order valence-corrected chi connectivity index (χ2v) is 6.83. The van der Waals surface area contributed by atoms with E-state index in [1.54, 1.807) is 25.3 Å². The molecule has 132 valence electrons. The third-order valence-electron chi connectivity index (χ3n) is 4.03. The molecule has 0 spiro atoms. The number of aryl methyl sites for hydroxylation is 1. The van der Waals surface area contributed by atoms with E-state index in [2.05, 4.69) is 11.9 Å². The summed E-state index contributed by atoms with van der Waals surface area (Å²) in [6.45, 7) is 2.10. The van der Waals surface area contributed by atoms with Crippen LogP contribution in [0.5, 0.6) is 0 Å². The van der Waals surface area contributed by atoms with E-state index in [-0.39, 0.29) is 11.5 Å². The Balaban J connectivity index is 1.83. The van der Waals surface area contributed by atoms with Crippen LogP contribution < -0.4 is 0 Å². The molecule has 0 radical (unpaired) electrons. The van der Waals surface area contributed by atoms with Gasteiger partial charge in [-0.3, -0.25) is 9.69 Å². The molecule has 0 aliphatic carbocycles. The molecule has 2 aromatic rings. The number of aromatic carboxylic acids is 1. The molecule has 3 rings (SSSR count). The number of carbonyl (C=O) groups is 2. The van der Waals surface area contributed by atoms with Crippen LogP contribution in [-0.2, 0) is 11.2 Å². The summed E-state index contributed by atoms with van der Waals surface area (Å²) in [7, 11) is 1.70. The summed E-state index contributed by atoms with van der Waals surface area (Å²) in [6, 6.07) is 14.3. The SMILES string of the molecule is CCc1ccc(N=C2S/C(=C/c3ccc(C(=O)O)cc3)C(=O)N2C)cc1. The van der Waals surface area contributed by atoms with Crippen molar-refractivity contribution in [2.24, 2.45) is 4.99 Å². The van der Waals surface area contributed by atoms with Gasteiger partial charge in [-0.25, -0.2) is 9.79 Å². The molecule has 1 N–H and O–H groups in total. The first kappa shape index (κ1) is 17.9. The number of hydrogen-bond donors (Lipinski definition) is 1. The minimum atomic E-state index is -0.973. The fourth-order valence-electron chi connectivity index (χ4n) is 2.44. The highest BCUT2D eigenvalue weighted by atomic mass is 32.2. The average Bonchev–Trinajstić information content (AvgIpc) is 2.91. The summed E-state index contributed by atoms with van der Waals surface area (Å²) in [5.41, 5.74) is 3.03. The Morgan fingerprint density at radius 1 is 1.15 bits per heavy atom. The second kappa shape index (κ2) is 7.58. The molecule has 0 bridgehead atoms. The van der Waals surface area contributed by atoms with E-state index in [4.69, 9.17) is 5.11 Å². The standard InChI is InChI=1S/C20H18N2O3S/c1-3-13-6-10-16(11-7-13)21-20-22(2)18(23)17(26-20)12-14-4-8-15(9-5-14)19(24)25/h4-12H,3H2,1-2H3,(H,24,25)/b17-12+,21-20?. The minimum Gasteiger partial charge on any atom is -0.478 e. The molecule has 1 aliphatic rings. The molecule has 2 aromatic carbocycles. The van der Waals surface area contributed by atoms with Gasteiger partial charge in [0.05, 0.1) is 16.2 Å². The molecule has 1 heterocycles. The molecule has 1 amide bonds. The van der Waals surface area contributed by atoms with Gasteiger partial charge in [-0.1, -0.05) is 31.2 Å². The Morgan fingerprint density at radius 2 is 1.81 bits per heavy atom. The minimum absolute atomic E-state index is 0.124. The Bertz CT molecular complexity index is 900. The van der Waals surface area contributed by atoms with E-state index in [9.17, 15) is 9.59 Å². The van der Waals surface area contributed by atoms with Crippen molar-refractivity contribution in [3.8, 4) is 0 Å². The van der Waals surface area contributed by atoms with Gasteiger partial charge in [0.15, 0.2) is 5.17 Å². The first-order chi connectivity index (χ1) is 12.5. The summed E-state index contributed by atoms with van der Waals surface area (Å²) in [5.74, 6) is -1.10. The van der Waals surface area contributed by atoms with Crippen LogP contribution in [0.3, 0.4) is 0 Å². The van der Waals surface area contributed by atoms with E-state index in [1.807, 2.05) is 24.3 Å². The zero-order valence-corrected chi connectivity index (χ0v) is 15.3. The van der Waals surface area contributed by atoms with E-state index in [0.29, 0.717) is 10.1 Å². The van der Waals surface area contributed by atoms with Crippen molar-refractivity contribution in [2.75, 3.05) is 7.05 Å². The molecule has 0 aromatic heterocycles. The zero-order chi connectivity index (χ0) is 18.7. The summed E-state index contributed by atoms with van der Waals surface area (Å²) in [6.07, 6.45) is 2.72. The van der Waals surface area contributed by atoms with Gasteiger partial charge in [-0.15, -0.1) is 0 Å². The third kappa shape index (κ3) is 3.86. The number of benzene rings is 2. The number of thioether (sulfide) groups is 1. The van der Waals surface area contributed by atoms with Crippen molar-refractivity contribution in [1.29, 1.82) is 0 Å². The molecule has 1 fully saturated rings. The number of nitrogens with zero attached hydrogens (tertiary/aromatic N) is 2. The Kier molecular flexibility index (Phi) is 5.23. The van der Waals surface area contributed by atoms with Crippen molar-refractivity contribution in [2.45, 2.75) is 13.3 Å². The van der Waals surface area contributed by atoms with Crippen LogP contribution in [0.15, 0.2) is 58.4 Å². The number of rotatable bonds is 4. The largest absolute Gasteiger partial charge is 0.478 e. The number of likely N-dealkylation sites (N-methyl/N-ethyl adjacent to an activating group) is 1. The predicted octanol–water partition coefficient (Wildman–Crippen LogP) is 4.18. The molecule has 0 unspecified atom stereocenters. The number of aliphatic imine (C=N–C) groups is 1. The first-order valence-electron chi connectivity index (χ1n) is 8.16. The van der Waals surface area contributed by atoms with Crippen LogP contribution >= 0.6 is 11.8 Å². The van der Waals surface area contributed by atoms with Gasteiger partial charge in [0.2, 0.25) is 0 Å². The van der Waals surface area contributed by atoms with Crippen LogP contribution in [0, 0.1) is 0 Å². The maximum atomic E-state index is 12.4. The molecular weight excluding hydrogens is 348 g/mol. The number of amides is 1. The lowest BCUT2D eigenvalue weighted by Crippen LogP contribution is -2.23. The quantitative estimate of drug-likeness (QED) is 0.824. The second-order valence-electron chi connectivity index (χ2n) is 5.82. The van der Waals surface area contributed by atoms with Crippen molar-refractivity contribution >= 4 is 40.6 Å². The van der Waals surface area contributed by atoms with E-state index in [0.717, 1.165) is 17.7 Å². The van der Waals surface area contributed by atoms with Crippen molar-refractivity contribution in [1.82, 2.24) is 4.90 Å². The predicted molar refractivity (Wildman–Crippen MR) is 105 cm³/mol. The lowest BCUT2D eigenvalue weighted by molar-refractivity contribution is -0.121. The van der Waals surface area contributed by atoms with E-state index < -0.39 is 5.97 Å². The van der Waals surface area contributed by atoms with Crippen LogP contribution in [0.2, 0.25) is 0 Å². The summed E-state index contributed by atoms with van der Waals surface area (Å²) < 4.78 is 0. The van der Waals surface area contributed by atoms with E-state index in [1.165, 1.54) is 34.4 Å². The summed E-state index contributed by atoms with van der Waals surface area (Å²) >= 11 is 1.31. The molecular formula is C20H18N2O3S. The molecule has 0 atom stereocenters. The molecule has 1 saturated heterocycles. The smallest absolute Gasteiger partial charge is 0.335 e. The number of hydrogen-bond acceptors (Lipinski definition) is 4. The lowest BCUT2D eigenvalue weighted by atomic mass is 10.1. The van der Waals surface area contributed by atoms with E-state index >= 15 is 0 Å². The Hall–Kier alpha value is -2.86. The number of carbonyl (C=O) groups excluding carboxylic acids is 1. The van der Waals surface area contributed by atoms with Gasteiger partial charge in [0.25, 0.3) is 5.91 Å². The van der Waals surface area contributed by atoms with Crippen molar-refractivity contribution in [3.05, 3.63) is 70.1 Å². The van der Waals surface area contributed by atoms with Gasteiger partial charge in [0.1, 0.15) is 0 Å². The number of carboxylic acid groups (broad SMARTS) is 1. The van der Waals surface area contributed by atoms with Crippen molar-refractivity contribution in [3.63, 3.8) is 0 Å². The maximum absolute atomic E-state index is 12.4. The van der Waals surface area contributed by atoms with Crippen LogP contribution in [0.4, 0.5) is 5.69 Å². The topological polar surface area (TPSA) is 70.0 Å². The van der Waals surface area contributed by atoms with Gasteiger partial charge < -0.3 is 5.11 Å². The maximum Gasteiger partial charge on any atom is 0.335 e. The fourth-order valence-corrected chi connectivity index (χ4v) is 3.43. The average molecular weight is 366 g/mol. The Morgan fingerprint density at radius 3 is 2.38 bits per heavy atom. The molecule has 0 saturated carbocycles. The van der Waals surface area contributed by atoms with Gasteiger partial charge in [-0.05, 0) is 59.7 Å². The number of amidine groups is 1. The molecule has 26 heavy (non-hydrogen) atoms. The van der Waals surface area contributed by atoms with Crippen LogP contribution in [0.1, 0.15) is 28.4 Å². The third-order valence-corrected chi connectivity index (χ3v) is 5.09. The zero-order valence-electron chi connectivity index (χ0n) is 14.5. The van der Waals surface area contributed by atoms with Crippen molar-refractivity contribution < 1.29 is 14.7 Å². The molecule has 6 heteroatoms. The van der Waals surface area contributed by atoms with Crippen LogP contribution in [-0.4, -0.2) is 34.1 Å². The highest BCUT2D eigenvalue weighted by Gasteiger charge is 2.30. The van der Waals surface area contributed by atoms with Gasteiger partial charge in [0, 0.05) is 7.05 Å². The summed E-state index contributed by atoms with van der Waals surface area (Å²) in [5, 5.41) is 9.57. The van der Waals surface area contributed by atoms with Gasteiger partial charge >= 0.3 is 5.97 Å². The highest BCUT2D eigenvalue weighted by Crippen LogP contribution is 2.33. The monoisotopic (exact) mass is 366 g/mol. The normalized spacial score (nSPS) is 17.3. The number of carboxylic acids is 1. The van der Waals surface area contributed by atoms with Gasteiger partial charge in [-0.2, -0.15) is 0 Å². The Labute approximate surface area is 156 Å². The first-order valence-corrected chi connectivity index (χ1v) is 8.98. The highest BCUT2D eigenvalue weighted by molar-refractivity contribution is 8.18. The van der Waals surface area contributed by atoms with Crippen LogP contribution in [0.25, 0.3) is 6.08 Å². The molecule has 1 aliphatic heterocycles. The molecule has 5 nitrogen and oxygen atoms in total. The summed E-state index contributed by atoms with van der Waals surface area (Å²) in [4.78, 5) is 30.0.